The normalized spacial score (nSPS) is 33.5. The van der Waals surface area contributed by atoms with Gasteiger partial charge < -0.3 is 9.88 Å². The van der Waals surface area contributed by atoms with Gasteiger partial charge in [-0.1, -0.05) is 6.07 Å². The van der Waals surface area contributed by atoms with Crippen LogP contribution in [0, 0.1) is 0 Å². The van der Waals surface area contributed by atoms with Crippen LogP contribution in [0.4, 0.5) is 0 Å². The maximum Gasteiger partial charge on any atom is 0.250 e. The smallest absolute Gasteiger partial charge is 0.250 e. The summed E-state index contributed by atoms with van der Waals surface area (Å²) in [6.07, 6.45) is 0.977. The molecule has 2 bridgehead atoms. The quantitative estimate of drug-likeness (QED) is 0.665. The molecule has 0 aliphatic carbocycles. The fourth-order valence-electron chi connectivity index (χ4n) is 2.73. The molecular weight excluding hydrogens is 212 g/mol. The van der Waals surface area contributed by atoms with Crippen molar-refractivity contribution in [1.29, 1.82) is 0 Å². The monoisotopic (exact) mass is 224 g/mol. The van der Waals surface area contributed by atoms with Crippen molar-refractivity contribution in [3.05, 3.63) is 34.2 Å². The van der Waals surface area contributed by atoms with Gasteiger partial charge in [-0.05, 0) is 12.5 Å². The number of alkyl halides is 1. The van der Waals surface area contributed by atoms with Crippen LogP contribution < -0.4 is 10.9 Å². The maximum atomic E-state index is 11.7. The lowest BCUT2D eigenvalue weighted by Crippen LogP contribution is -2.53. The fourth-order valence-corrected chi connectivity index (χ4v) is 3.13. The number of aromatic nitrogens is 1. The van der Waals surface area contributed by atoms with Gasteiger partial charge in [-0.2, -0.15) is 0 Å². The molecular formula is C11H13ClN2O. The molecule has 3 rings (SSSR count). The van der Waals surface area contributed by atoms with Gasteiger partial charge in [-0.15, -0.1) is 11.6 Å². The summed E-state index contributed by atoms with van der Waals surface area (Å²) >= 11 is 6.48. The molecule has 1 aromatic heterocycles. The number of pyridine rings is 1. The molecule has 2 aliphatic heterocycles. The van der Waals surface area contributed by atoms with Crippen molar-refractivity contribution in [3.63, 3.8) is 0 Å². The molecule has 4 heteroatoms. The molecule has 1 N–H and O–H groups in total. The van der Waals surface area contributed by atoms with E-state index < -0.39 is 0 Å². The summed E-state index contributed by atoms with van der Waals surface area (Å²) in [4.78, 5) is 11.5. The van der Waals surface area contributed by atoms with E-state index in [1.54, 1.807) is 6.07 Å². The Bertz CT molecular complexity index is 456. The average Bonchev–Trinajstić information content (AvgIpc) is 2.20. The van der Waals surface area contributed by atoms with E-state index in [0.717, 1.165) is 25.2 Å². The topological polar surface area (TPSA) is 34.0 Å². The molecule has 3 nitrogen and oxygen atoms in total. The molecule has 0 spiro atoms. The maximum absolute atomic E-state index is 11.7. The zero-order valence-corrected chi connectivity index (χ0v) is 9.13. The third-order valence-corrected chi connectivity index (χ3v) is 3.80. The molecule has 15 heavy (non-hydrogen) atoms. The first kappa shape index (κ1) is 9.43. The van der Waals surface area contributed by atoms with Crippen LogP contribution in [0.15, 0.2) is 23.0 Å². The highest BCUT2D eigenvalue weighted by Gasteiger charge is 2.40. The molecule has 0 amide bonds. The van der Waals surface area contributed by atoms with Crippen LogP contribution in [0.2, 0.25) is 0 Å². The van der Waals surface area contributed by atoms with E-state index in [1.165, 1.54) is 0 Å². The first-order valence-corrected chi connectivity index (χ1v) is 5.65. The number of piperidine rings is 1. The van der Waals surface area contributed by atoms with Crippen LogP contribution in [0.5, 0.6) is 0 Å². The van der Waals surface area contributed by atoms with E-state index >= 15 is 0 Å². The fraction of sp³-hybridized carbons (Fsp3) is 0.545. The average molecular weight is 225 g/mol. The van der Waals surface area contributed by atoms with E-state index in [1.807, 2.05) is 16.7 Å². The Labute approximate surface area is 93.1 Å². The van der Waals surface area contributed by atoms with E-state index in [-0.39, 0.29) is 10.4 Å². The van der Waals surface area contributed by atoms with Crippen molar-refractivity contribution in [2.45, 2.75) is 23.8 Å². The minimum absolute atomic E-state index is 0.0733. The Morgan fingerprint density at radius 3 is 3.27 bits per heavy atom. The van der Waals surface area contributed by atoms with Crippen LogP contribution in [0.25, 0.3) is 0 Å². The van der Waals surface area contributed by atoms with E-state index in [0.29, 0.717) is 12.5 Å². The van der Waals surface area contributed by atoms with Gasteiger partial charge >= 0.3 is 0 Å². The zero-order chi connectivity index (χ0) is 10.5. The Balaban J connectivity index is 2.17. The lowest BCUT2D eigenvalue weighted by Gasteiger charge is -2.42. The highest BCUT2D eigenvalue weighted by Crippen LogP contribution is 2.38. The lowest BCUT2D eigenvalue weighted by molar-refractivity contribution is 0.282. The van der Waals surface area contributed by atoms with Gasteiger partial charge in [0.15, 0.2) is 0 Å². The minimum atomic E-state index is -0.263. The highest BCUT2D eigenvalue weighted by atomic mass is 35.5. The summed E-state index contributed by atoms with van der Waals surface area (Å²) in [7, 11) is 0. The number of rotatable bonds is 0. The van der Waals surface area contributed by atoms with E-state index in [4.69, 9.17) is 11.6 Å². The molecule has 0 unspecified atom stereocenters. The molecule has 1 fully saturated rings. The second kappa shape index (κ2) is 3.09. The largest absolute Gasteiger partial charge is 0.314 e. The van der Waals surface area contributed by atoms with Gasteiger partial charge in [0.1, 0.15) is 0 Å². The SMILES string of the molecule is O=c1cccc2n1C[C@]1(Cl)CNC[C@H]2C1. The van der Waals surface area contributed by atoms with E-state index in [9.17, 15) is 4.79 Å². The van der Waals surface area contributed by atoms with Crippen LogP contribution in [0.1, 0.15) is 18.0 Å². The molecule has 2 aliphatic rings. The van der Waals surface area contributed by atoms with Crippen molar-refractivity contribution in [3.8, 4) is 0 Å². The summed E-state index contributed by atoms with van der Waals surface area (Å²) in [5.74, 6) is 0.388. The molecule has 2 atom stereocenters. The highest BCUT2D eigenvalue weighted by molar-refractivity contribution is 6.24. The van der Waals surface area contributed by atoms with Crippen LogP contribution in [-0.4, -0.2) is 22.5 Å². The van der Waals surface area contributed by atoms with Gasteiger partial charge in [0.2, 0.25) is 0 Å². The lowest BCUT2D eigenvalue weighted by atomic mass is 9.83. The van der Waals surface area contributed by atoms with Gasteiger partial charge in [0.25, 0.3) is 5.56 Å². The first-order chi connectivity index (χ1) is 7.18. The Hall–Kier alpha value is -0.800. The predicted molar refractivity (Wildman–Crippen MR) is 59.5 cm³/mol. The third kappa shape index (κ3) is 1.42. The number of fused-ring (bicyclic) bond motifs is 4. The van der Waals surface area contributed by atoms with Crippen LogP contribution >= 0.6 is 11.6 Å². The number of nitrogens with one attached hydrogen (secondary N) is 1. The number of hydrogen-bond acceptors (Lipinski definition) is 2. The molecule has 0 aromatic carbocycles. The molecule has 1 saturated heterocycles. The summed E-state index contributed by atoms with van der Waals surface area (Å²) in [6, 6.07) is 5.48. The van der Waals surface area contributed by atoms with Gasteiger partial charge in [0.05, 0.1) is 4.87 Å². The molecule has 1 aromatic rings. The first-order valence-electron chi connectivity index (χ1n) is 5.27. The number of halogens is 1. The second-order valence-corrected chi connectivity index (χ2v) is 5.36. The van der Waals surface area contributed by atoms with Crippen LogP contribution in [-0.2, 0) is 6.54 Å². The molecule has 0 saturated carbocycles. The Morgan fingerprint density at radius 1 is 1.53 bits per heavy atom. The second-order valence-electron chi connectivity index (χ2n) is 4.56. The van der Waals surface area contributed by atoms with E-state index in [2.05, 4.69) is 5.32 Å². The van der Waals surface area contributed by atoms with Crippen molar-refractivity contribution >= 4 is 11.6 Å². The van der Waals surface area contributed by atoms with Gasteiger partial charge in [0, 0.05) is 37.3 Å². The number of nitrogens with zero attached hydrogens (tertiary/aromatic N) is 1. The minimum Gasteiger partial charge on any atom is -0.314 e. The molecule has 0 radical (unpaired) electrons. The van der Waals surface area contributed by atoms with Crippen molar-refractivity contribution < 1.29 is 0 Å². The Morgan fingerprint density at radius 2 is 2.40 bits per heavy atom. The predicted octanol–water partition coefficient (Wildman–Crippen LogP) is 0.916. The Kier molecular flexibility index (Phi) is 1.94. The summed E-state index contributed by atoms with van der Waals surface area (Å²) in [6.45, 7) is 2.36. The zero-order valence-electron chi connectivity index (χ0n) is 8.37. The van der Waals surface area contributed by atoms with Crippen molar-refractivity contribution in [1.82, 2.24) is 9.88 Å². The summed E-state index contributed by atoms with van der Waals surface area (Å²) < 4.78 is 1.84. The summed E-state index contributed by atoms with van der Waals surface area (Å²) in [5.41, 5.74) is 1.20. The summed E-state index contributed by atoms with van der Waals surface area (Å²) in [5, 5.41) is 3.34. The van der Waals surface area contributed by atoms with Crippen LogP contribution in [0.3, 0.4) is 0 Å². The number of hydrogen-bond donors (Lipinski definition) is 1. The molecule has 3 heterocycles. The van der Waals surface area contributed by atoms with Gasteiger partial charge in [-0.3, -0.25) is 4.79 Å². The molecule has 80 valence electrons. The third-order valence-electron chi connectivity index (χ3n) is 3.39. The standard InChI is InChI=1S/C11H13ClN2O/c12-11-4-8(5-13-6-11)9-2-1-3-10(15)14(9)7-11/h1-3,8,13H,4-7H2/t8-,11-/m1/s1. The van der Waals surface area contributed by atoms with Crippen molar-refractivity contribution in [2.75, 3.05) is 13.1 Å². The van der Waals surface area contributed by atoms with Gasteiger partial charge in [-0.25, -0.2) is 0 Å². The van der Waals surface area contributed by atoms with Crippen molar-refractivity contribution in [2.24, 2.45) is 0 Å².